The molecule has 0 bridgehead atoms. The second-order valence-corrected chi connectivity index (χ2v) is 5.07. The molecule has 9 heteroatoms. The number of hydrogen-bond acceptors (Lipinski definition) is 6. The average Bonchev–Trinajstić information content (AvgIpc) is 2.46. The van der Waals surface area contributed by atoms with Crippen molar-refractivity contribution in [1.82, 2.24) is 5.32 Å². The maximum absolute atomic E-state index is 11.7. The van der Waals surface area contributed by atoms with Gasteiger partial charge in [-0.05, 0) is 5.56 Å². The smallest absolute Gasteiger partial charge is 0.269 e. The highest BCUT2D eigenvalue weighted by Gasteiger charge is 2.39. The van der Waals surface area contributed by atoms with Gasteiger partial charge in [0, 0.05) is 18.1 Å². The van der Waals surface area contributed by atoms with E-state index in [9.17, 15) is 20.2 Å². The summed E-state index contributed by atoms with van der Waals surface area (Å²) in [5.41, 5.74) is 11.6. The van der Waals surface area contributed by atoms with Crippen LogP contribution in [-0.4, -0.2) is 15.8 Å². The highest BCUT2D eigenvalue weighted by Crippen LogP contribution is 2.36. The summed E-state index contributed by atoms with van der Waals surface area (Å²) in [4.78, 5) is 22.0. The first-order chi connectivity index (χ1) is 10.4. The number of thiocarbonyl (C=S) groups is 1. The number of carbonyl (C=O) groups excluding carboxylic acids is 1. The summed E-state index contributed by atoms with van der Waals surface area (Å²) < 4.78 is 0. The van der Waals surface area contributed by atoms with Crippen LogP contribution < -0.4 is 16.8 Å². The normalized spacial score (nSPS) is 21.0. The molecule has 1 aliphatic rings. The highest BCUT2D eigenvalue weighted by molar-refractivity contribution is 7.80. The van der Waals surface area contributed by atoms with Gasteiger partial charge in [0.25, 0.3) is 5.69 Å². The molecule has 22 heavy (non-hydrogen) atoms. The molecule has 0 radical (unpaired) electrons. The van der Waals surface area contributed by atoms with Crippen LogP contribution in [0.1, 0.15) is 11.5 Å². The van der Waals surface area contributed by atoms with Crippen molar-refractivity contribution in [3.63, 3.8) is 0 Å². The third-order valence-electron chi connectivity index (χ3n) is 3.36. The van der Waals surface area contributed by atoms with E-state index in [0.29, 0.717) is 5.56 Å². The van der Waals surface area contributed by atoms with Gasteiger partial charge in [-0.2, -0.15) is 5.26 Å². The number of primary amides is 1. The molecule has 1 amide bonds. The number of nitro benzene ring substituents is 1. The maximum atomic E-state index is 11.7. The van der Waals surface area contributed by atoms with Crippen LogP contribution in [0.5, 0.6) is 0 Å². The minimum Gasteiger partial charge on any atom is -0.384 e. The van der Waals surface area contributed by atoms with Crippen molar-refractivity contribution >= 4 is 28.8 Å². The van der Waals surface area contributed by atoms with Gasteiger partial charge in [0.2, 0.25) is 5.91 Å². The largest absolute Gasteiger partial charge is 0.384 e. The number of nitrogens with one attached hydrogen (secondary N) is 1. The summed E-state index contributed by atoms with van der Waals surface area (Å²) in [5.74, 6) is -2.37. The Bertz CT molecular complexity index is 735. The number of benzene rings is 1. The van der Waals surface area contributed by atoms with E-state index in [1.165, 1.54) is 24.3 Å². The lowest BCUT2D eigenvalue weighted by molar-refractivity contribution is -0.384. The number of nitrogens with zero attached hydrogens (tertiary/aromatic N) is 2. The van der Waals surface area contributed by atoms with Crippen LogP contribution in [0.4, 0.5) is 5.69 Å². The molecule has 1 aliphatic heterocycles. The fraction of sp³-hybridized carbons (Fsp3) is 0.154. The van der Waals surface area contributed by atoms with Crippen LogP contribution in [0, 0.1) is 27.4 Å². The van der Waals surface area contributed by atoms with Gasteiger partial charge in [0.15, 0.2) is 0 Å². The Hall–Kier alpha value is -2.99. The molecule has 0 unspecified atom stereocenters. The Morgan fingerprint density at radius 3 is 2.45 bits per heavy atom. The standard InChI is InChI=1S/C13H11N5O3S/c14-5-8-9(6-1-3-7(4-2-6)18(20)21)10(12(16)19)13(22)17-11(8)15/h1-4,9-10H,15H2,(H2,16,19)(H,17,22)/t9-,10-/m1/s1. The first-order valence-electron chi connectivity index (χ1n) is 6.11. The monoisotopic (exact) mass is 317 g/mol. The third kappa shape index (κ3) is 2.59. The predicted molar refractivity (Wildman–Crippen MR) is 81.1 cm³/mol. The fourth-order valence-electron chi connectivity index (χ4n) is 2.35. The van der Waals surface area contributed by atoms with Gasteiger partial charge in [0.1, 0.15) is 11.7 Å². The summed E-state index contributed by atoms with van der Waals surface area (Å²) >= 11 is 5.08. The second-order valence-electron chi connectivity index (χ2n) is 4.63. The van der Waals surface area contributed by atoms with Crippen molar-refractivity contribution in [2.45, 2.75) is 5.92 Å². The molecule has 8 nitrogen and oxygen atoms in total. The Balaban J connectivity index is 2.57. The zero-order valence-corrected chi connectivity index (χ0v) is 12.0. The first-order valence-corrected chi connectivity index (χ1v) is 6.52. The van der Waals surface area contributed by atoms with E-state index < -0.39 is 22.7 Å². The van der Waals surface area contributed by atoms with Gasteiger partial charge in [-0.1, -0.05) is 24.4 Å². The molecule has 112 valence electrons. The molecular weight excluding hydrogens is 306 g/mol. The molecule has 1 aromatic rings. The lowest BCUT2D eigenvalue weighted by Gasteiger charge is -2.31. The van der Waals surface area contributed by atoms with Crippen LogP contribution >= 0.6 is 12.2 Å². The van der Waals surface area contributed by atoms with Crippen molar-refractivity contribution in [3.05, 3.63) is 51.3 Å². The number of nitriles is 1. The van der Waals surface area contributed by atoms with E-state index in [1.807, 2.05) is 6.07 Å². The number of nitro groups is 1. The molecule has 0 fully saturated rings. The van der Waals surface area contributed by atoms with Crippen molar-refractivity contribution < 1.29 is 9.72 Å². The minimum atomic E-state index is -0.946. The van der Waals surface area contributed by atoms with Gasteiger partial charge in [-0.3, -0.25) is 14.9 Å². The maximum Gasteiger partial charge on any atom is 0.269 e. The molecule has 0 aliphatic carbocycles. The Kier molecular flexibility index (Phi) is 4.05. The van der Waals surface area contributed by atoms with Crippen molar-refractivity contribution in [2.24, 2.45) is 17.4 Å². The van der Waals surface area contributed by atoms with E-state index in [0.717, 1.165) is 0 Å². The van der Waals surface area contributed by atoms with Crippen molar-refractivity contribution in [2.75, 3.05) is 0 Å². The minimum absolute atomic E-state index is 0.0494. The van der Waals surface area contributed by atoms with E-state index >= 15 is 0 Å². The average molecular weight is 317 g/mol. The van der Waals surface area contributed by atoms with Crippen LogP contribution in [-0.2, 0) is 4.79 Å². The van der Waals surface area contributed by atoms with Crippen LogP contribution in [0.3, 0.4) is 0 Å². The lowest BCUT2D eigenvalue weighted by atomic mass is 9.78. The van der Waals surface area contributed by atoms with Crippen LogP contribution in [0.2, 0.25) is 0 Å². The van der Waals surface area contributed by atoms with E-state index in [1.54, 1.807) is 0 Å². The summed E-state index contributed by atoms with van der Waals surface area (Å²) in [6.07, 6.45) is 0. The van der Waals surface area contributed by atoms with Gasteiger partial charge in [-0.25, -0.2) is 0 Å². The molecule has 1 aromatic carbocycles. The van der Waals surface area contributed by atoms with Crippen molar-refractivity contribution in [3.8, 4) is 6.07 Å². The SMILES string of the molecule is N#CC1=C(N)NC(=S)[C@@H](C(N)=O)[C@@H]1c1ccc([N+](=O)[O-])cc1. The predicted octanol–water partition coefficient (Wildman–Crippen LogP) is 0.404. The van der Waals surface area contributed by atoms with Crippen molar-refractivity contribution in [1.29, 1.82) is 5.26 Å². The second kappa shape index (κ2) is 5.79. The summed E-state index contributed by atoms with van der Waals surface area (Å²) in [6, 6.07) is 7.41. The van der Waals surface area contributed by atoms with E-state index in [2.05, 4.69) is 5.32 Å². The molecule has 1 heterocycles. The molecule has 0 aromatic heterocycles. The molecular formula is C13H11N5O3S. The molecule has 2 rings (SSSR count). The number of rotatable bonds is 3. The summed E-state index contributed by atoms with van der Waals surface area (Å²) in [6.45, 7) is 0. The zero-order valence-electron chi connectivity index (χ0n) is 11.1. The lowest BCUT2D eigenvalue weighted by Crippen LogP contribution is -2.47. The zero-order chi connectivity index (χ0) is 16.4. The first kappa shape index (κ1) is 15.4. The number of allylic oxidation sites excluding steroid dienone is 1. The number of nitrogens with two attached hydrogens (primary N) is 2. The molecule has 5 N–H and O–H groups in total. The topological polar surface area (TPSA) is 148 Å². The summed E-state index contributed by atoms with van der Waals surface area (Å²) in [5, 5.41) is 22.6. The van der Waals surface area contributed by atoms with E-state index in [-0.39, 0.29) is 22.1 Å². The third-order valence-corrected chi connectivity index (χ3v) is 3.72. The Labute approximate surface area is 130 Å². The number of amides is 1. The summed E-state index contributed by atoms with van der Waals surface area (Å²) in [7, 11) is 0. The molecule has 0 spiro atoms. The number of carbonyl (C=O) groups is 1. The van der Waals surface area contributed by atoms with Crippen LogP contribution in [0.25, 0.3) is 0 Å². The van der Waals surface area contributed by atoms with Gasteiger partial charge in [-0.15, -0.1) is 0 Å². The Morgan fingerprint density at radius 1 is 1.41 bits per heavy atom. The molecule has 2 atom stereocenters. The number of non-ortho nitro benzene ring substituents is 1. The number of hydrogen-bond donors (Lipinski definition) is 3. The van der Waals surface area contributed by atoms with Gasteiger partial charge < -0.3 is 16.8 Å². The molecule has 0 saturated heterocycles. The molecule has 0 saturated carbocycles. The van der Waals surface area contributed by atoms with E-state index in [4.69, 9.17) is 23.7 Å². The highest BCUT2D eigenvalue weighted by atomic mass is 32.1. The fourth-order valence-corrected chi connectivity index (χ4v) is 2.71. The van der Waals surface area contributed by atoms with Gasteiger partial charge in [0.05, 0.1) is 21.6 Å². The quantitative estimate of drug-likeness (QED) is 0.415. The van der Waals surface area contributed by atoms with Crippen LogP contribution in [0.15, 0.2) is 35.7 Å². The van der Waals surface area contributed by atoms with Gasteiger partial charge >= 0.3 is 0 Å². The Morgan fingerprint density at radius 2 is 2.00 bits per heavy atom.